The summed E-state index contributed by atoms with van der Waals surface area (Å²) in [7, 11) is 1.62. The Morgan fingerprint density at radius 3 is 2.32 bits per heavy atom. The van der Waals surface area contributed by atoms with Crippen molar-refractivity contribution in [2.45, 2.75) is 26.3 Å². The predicted octanol–water partition coefficient (Wildman–Crippen LogP) is 3.11. The molecular formula is C19H25N3O3. The first kappa shape index (κ1) is 18.6. The highest BCUT2D eigenvalue weighted by Gasteiger charge is 2.11. The van der Waals surface area contributed by atoms with Crippen molar-refractivity contribution in [3.63, 3.8) is 0 Å². The van der Waals surface area contributed by atoms with Crippen molar-refractivity contribution in [3.8, 4) is 11.5 Å². The number of carbonyl (C=O) groups is 1. The van der Waals surface area contributed by atoms with Gasteiger partial charge in [-0.15, -0.1) is 0 Å². The number of rotatable bonds is 7. The fourth-order valence-corrected chi connectivity index (χ4v) is 2.09. The van der Waals surface area contributed by atoms with E-state index < -0.39 is 0 Å². The third kappa shape index (κ3) is 6.33. The molecule has 0 saturated carbocycles. The summed E-state index contributed by atoms with van der Waals surface area (Å²) in [5.74, 6) is 2.08. The number of hydrogen-bond acceptors (Lipinski definition) is 5. The Hall–Kier alpha value is -2.76. The van der Waals surface area contributed by atoms with Crippen molar-refractivity contribution in [1.29, 1.82) is 0 Å². The second-order valence-corrected chi connectivity index (χ2v) is 6.59. The number of pyridine rings is 1. The van der Waals surface area contributed by atoms with E-state index in [9.17, 15) is 4.79 Å². The van der Waals surface area contributed by atoms with Crippen LogP contribution in [0.4, 0.5) is 5.82 Å². The summed E-state index contributed by atoms with van der Waals surface area (Å²) in [6, 6.07) is 10.9. The van der Waals surface area contributed by atoms with Gasteiger partial charge >= 0.3 is 0 Å². The molecule has 2 aromatic rings. The normalized spacial score (nSPS) is 10.9. The lowest BCUT2D eigenvalue weighted by Crippen LogP contribution is -2.29. The second-order valence-electron chi connectivity index (χ2n) is 6.59. The SMILES string of the molecule is COc1ccc(OCCNC(=O)c2ccc(NC(C)(C)C)nc2)cc1. The number of hydrogen-bond donors (Lipinski definition) is 2. The van der Waals surface area contributed by atoms with E-state index in [1.54, 1.807) is 25.4 Å². The van der Waals surface area contributed by atoms with Crippen molar-refractivity contribution in [1.82, 2.24) is 10.3 Å². The first-order valence-corrected chi connectivity index (χ1v) is 8.17. The molecule has 0 radical (unpaired) electrons. The lowest BCUT2D eigenvalue weighted by atomic mass is 10.1. The van der Waals surface area contributed by atoms with Crippen molar-refractivity contribution in [3.05, 3.63) is 48.2 Å². The molecule has 134 valence electrons. The monoisotopic (exact) mass is 343 g/mol. The Morgan fingerprint density at radius 1 is 1.08 bits per heavy atom. The third-order valence-corrected chi connectivity index (χ3v) is 3.24. The molecule has 0 unspecified atom stereocenters. The zero-order chi connectivity index (χ0) is 18.3. The molecule has 0 spiro atoms. The largest absolute Gasteiger partial charge is 0.497 e. The molecule has 0 saturated heterocycles. The Kier molecular flexibility index (Phi) is 6.22. The third-order valence-electron chi connectivity index (χ3n) is 3.24. The molecule has 6 nitrogen and oxygen atoms in total. The van der Waals surface area contributed by atoms with Gasteiger partial charge in [-0.1, -0.05) is 0 Å². The highest BCUT2D eigenvalue weighted by molar-refractivity contribution is 5.94. The van der Waals surface area contributed by atoms with E-state index in [1.807, 2.05) is 24.3 Å². The molecule has 25 heavy (non-hydrogen) atoms. The van der Waals surface area contributed by atoms with Gasteiger partial charge in [-0.2, -0.15) is 0 Å². The van der Waals surface area contributed by atoms with Crippen LogP contribution >= 0.6 is 0 Å². The number of nitrogens with zero attached hydrogens (tertiary/aromatic N) is 1. The van der Waals surface area contributed by atoms with E-state index in [1.165, 1.54) is 0 Å². The van der Waals surface area contributed by atoms with E-state index in [4.69, 9.17) is 9.47 Å². The standard InChI is InChI=1S/C19H25N3O3/c1-19(2,3)22-17-10-5-14(13-21-17)18(23)20-11-12-25-16-8-6-15(24-4)7-9-16/h5-10,13H,11-12H2,1-4H3,(H,20,23)(H,21,22). The van der Waals surface area contributed by atoms with Crippen LogP contribution < -0.4 is 20.1 Å². The van der Waals surface area contributed by atoms with Gasteiger partial charge in [-0.25, -0.2) is 4.98 Å². The van der Waals surface area contributed by atoms with Gasteiger partial charge in [0.1, 0.15) is 23.9 Å². The maximum atomic E-state index is 12.1. The van der Waals surface area contributed by atoms with Crippen LogP contribution in [0, 0.1) is 0 Å². The molecule has 0 fully saturated rings. The van der Waals surface area contributed by atoms with Gasteiger partial charge in [0, 0.05) is 11.7 Å². The van der Waals surface area contributed by atoms with Crippen molar-refractivity contribution in [2.24, 2.45) is 0 Å². The van der Waals surface area contributed by atoms with Crippen LogP contribution in [0.5, 0.6) is 11.5 Å². The van der Waals surface area contributed by atoms with Gasteiger partial charge in [0.2, 0.25) is 0 Å². The van der Waals surface area contributed by atoms with Crippen LogP contribution in [0.3, 0.4) is 0 Å². The number of aromatic nitrogens is 1. The van der Waals surface area contributed by atoms with Crippen LogP contribution in [0.25, 0.3) is 0 Å². The lowest BCUT2D eigenvalue weighted by Gasteiger charge is -2.21. The number of methoxy groups -OCH3 is 1. The summed E-state index contributed by atoms with van der Waals surface area (Å²) in [4.78, 5) is 16.4. The second kappa shape index (κ2) is 8.37. The summed E-state index contributed by atoms with van der Waals surface area (Å²) in [5.41, 5.74) is 0.444. The fourth-order valence-electron chi connectivity index (χ4n) is 2.09. The van der Waals surface area contributed by atoms with E-state index in [-0.39, 0.29) is 11.4 Å². The molecule has 0 aliphatic carbocycles. The molecule has 0 aliphatic heterocycles. The number of amides is 1. The quantitative estimate of drug-likeness (QED) is 0.756. The van der Waals surface area contributed by atoms with Crippen LogP contribution in [-0.4, -0.2) is 36.7 Å². The van der Waals surface area contributed by atoms with E-state index in [2.05, 4.69) is 36.4 Å². The molecule has 0 atom stereocenters. The summed E-state index contributed by atoms with van der Waals surface area (Å²) in [6.45, 7) is 6.95. The highest BCUT2D eigenvalue weighted by atomic mass is 16.5. The van der Waals surface area contributed by atoms with Gasteiger partial charge in [0.25, 0.3) is 5.91 Å². The van der Waals surface area contributed by atoms with Gasteiger partial charge < -0.3 is 20.1 Å². The number of anilines is 1. The Morgan fingerprint density at radius 2 is 1.76 bits per heavy atom. The van der Waals surface area contributed by atoms with Gasteiger partial charge in [0.05, 0.1) is 19.2 Å². The average molecular weight is 343 g/mol. The van der Waals surface area contributed by atoms with Gasteiger partial charge in [-0.05, 0) is 57.2 Å². The lowest BCUT2D eigenvalue weighted by molar-refractivity contribution is 0.0946. The molecule has 1 heterocycles. The minimum Gasteiger partial charge on any atom is -0.497 e. The van der Waals surface area contributed by atoms with E-state index >= 15 is 0 Å². The Bertz CT molecular complexity index is 677. The number of ether oxygens (including phenoxy) is 2. The molecule has 0 aliphatic rings. The predicted molar refractivity (Wildman–Crippen MR) is 98.4 cm³/mol. The number of carbonyl (C=O) groups excluding carboxylic acids is 1. The van der Waals surface area contributed by atoms with E-state index in [0.717, 1.165) is 17.3 Å². The van der Waals surface area contributed by atoms with Crippen LogP contribution in [-0.2, 0) is 0 Å². The minimum absolute atomic E-state index is 0.0738. The van der Waals surface area contributed by atoms with Crippen LogP contribution in [0.2, 0.25) is 0 Å². The molecule has 2 N–H and O–H groups in total. The summed E-state index contributed by atoms with van der Waals surface area (Å²) in [6.07, 6.45) is 1.56. The molecule has 0 bridgehead atoms. The number of nitrogens with one attached hydrogen (secondary N) is 2. The van der Waals surface area contributed by atoms with Crippen LogP contribution in [0.15, 0.2) is 42.6 Å². The maximum Gasteiger partial charge on any atom is 0.252 e. The van der Waals surface area contributed by atoms with Crippen molar-refractivity contribution in [2.75, 3.05) is 25.6 Å². The first-order chi connectivity index (χ1) is 11.9. The van der Waals surface area contributed by atoms with Gasteiger partial charge in [-0.3, -0.25) is 4.79 Å². The average Bonchev–Trinajstić information content (AvgIpc) is 2.58. The molecule has 6 heteroatoms. The Labute approximate surface area is 148 Å². The summed E-state index contributed by atoms with van der Waals surface area (Å²) < 4.78 is 10.7. The smallest absolute Gasteiger partial charge is 0.252 e. The number of benzene rings is 1. The van der Waals surface area contributed by atoms with Crippen molar-refractivity contribution >= 4 is 11.7 Å². The van der Waals surface area contributed by atoms with Gasteiger partial charge in [0.15, 0.2) is 0 Å². The molecular weight excluding hydrogens is 318 g/mol. The molecule has 2 rings (SSSR count). The molecule has 1 amide bonds. The summed E-state index contributed by atoms with van der Waals surface area (Å²) in [5, 5.41) is 6.06. The molecule has 1 aromatic heterocycles. The topological polar surface area (TPSA) is 72.5 Å². The minimum atomic E-state index is -0.173. The highest BCUT2D eigenvalue weighted by Crippen LogP contribution is 2.16. The zero-order valence-corrected chi connectivity index (χ0v) is 15.1. The Balaban J connectivity index is 1.76. The van der Waals surface area contributed by atoms with Crippen molar-refractivity contribution < 1.29 is 14.3 Å². The van der Waals surface area contributed by atoms with Crippen LogP contribution in [0.1, 0.15) is 31.1 Å². The van der Waals surface area contributed by atoms with E-state index in [0.29, 0.717) is 18.7 Å². The fraction of sp³-hybridized carbons (Fsp3) is 0.368. The summed E-state index contributed by atoms with van der Waals surface area (Å²) >= 11 is 0. The first-order valence-electron chi connectivity index (χ1n) is 8.17. The molecule has 1 aromatic carbocycles. The zero-order valence-electron chi connectivity index (χ0n) is 15.1. The maximum absolute atomic E-state index is 12.1.